The van der Waals surface area contributed by atoms with Gasteiger partial charge in [0.1, 0.15) is 16.1 Å². The number of nitrogens with zero attached hydrogens (tertiary/aromatic N) is 2. The molecule has 0 saturated carbocycles. The largest absolute Gasteiger partial charge is 0.312 e. The minimum atomic E-state index is -0.662. The van der Waals surface area contributed by atoms with E-state index in [2.05, 4.69) is 5.32 Å². The van der Waals surface area contributed by atoms with Crippen LogP contribution in [0.3, 0.4) is 0 Å². The number of nitriles is 1. The molecule has 0 bridgehead atoms. The van der Waals surface area contributed by atoms with Crippen LogP contribution in [0.1, 0.15) is 15.9 Å². The summed E-state index contributed by atoms with van der Waals surface area (Å²) >= 11 is 7.03. The summed E-state index contributed by atoms with van der Waals surface area (Å²) in [6.45, 7) is 0. The van der Waals surface area contributed by atoms with Crippen LogP contribution in [0.25, 0.3) is 0 Å². The van der Waals surface area contributed by atoms with Gasteiger partial charge in [-0.3, -0.25) is 14.9 Å². The Morgan fingerprint density at radius 2 is 2.20 bits per heavy atom. The molecular formula is C12H6ClN3O3S. The zero-order valence-electron chi connectivity index (χ0n) is 9.79. The van der Waals surface area contributed by atoms with Gasteiger partial charge in [0.15, 0.2) is 0 Å². The van der Waals surface area contributed by atoms with E-state index in [-0.39, 0.29) is 16.3 Å². The zero-order chi connectivity index (χ0) is 14.7. The quantitative estimate of drug-likeness (QED) is 0.694. The maximum atomic E-state index is 12.1. The summed E-state index contributed by atoms with van der Waals surface area (Å²) in [6, 6.07) is 7.46. The number of thiophene rings is 1. The van der Waals surface area contributed by atoms with E-state index in [0.717, 1.165) is 0 Å². The number of carbonyl (C=O) groups is 1. The van der Waals surface area contributed by atoms with E-state index in [0.29, 0.717) is 10.6 Å². The molecule has 0 unspecified atom stereocenters. The molecule has 0 aliphatic heterocycles. The molecule has 0 radical (unpaired) electrons. The Bertz CT molecular complexity index is 736. The first-order valence-electron chi connectivity index (χ1n) is 5.26. The van der Waals surface area contributed by atoms with Crippen molar-refractivity contribution in [1.29, 1.82) is 5.26 Å². The number of carbonyl (C=O) groups excluding carboxylic acids is 1. The monoisotopic (exact) mass is 307 g/mol. The van der Waals surface area contributed by atoms with E-state index in [1.807, 2.05) is 6.07 Å². The highest BCUT2D eigenvalue weighted by Gasteiger charge is 2.20. The van der Waals surface area contributed by atoms with Gasteiger partial charge in [0.2, 0.25) is 0 Å². The first kappa shape index (κ1) is 14.0. The molecule has 1 heterocycles. The lowest BCUT2D eigenvalue weighted by atomic mass is 10.2. The molecule has 0 atom stereocenters. The van der Waals surface area contributed by atoms with Crippen molar-refractivity contribution < 1.29 is 9.72 Å². The Morgan fingerprint density at radius 3 is 2.85 bits per heavy atom. The van der Waals surface area contributed by atoms with E-state index in [1.54, 1.807) is 11.4 Å². The summed E-state index contributed by atoms with van der Waals surface area (Å²) in [6.07, 6.45) is 0. The Kier molecular flexibility index (Phi) is 3.98. The number of amides is 1. The molecular weight excluding hydrogens is 302 g/mol. The lowest BCUT2D eigenvalue weighted by Gasteiger charge is -2.05. The predicted octanol–water partition coefficient (Wildman–Crippen LogP) is 3.43. The number of nitro benzene ring substituents is 1. The molecule has 1 N–H and O–H groups in total. The highest BCUT2D eigenvalue weighted by molar-refractivity contribution is 7.14. The molecule has 6 nitrogen and oxygen atoms in total. The van der Waals surface area contributed by atoms with Gasteiger partial charge in [0.25, 0.3) is 11.6 Å². The van der Waals surface area contributed by atoms with Crippen molar-refractivity contribution in [2.75, 3.05) is 5.32 Å². The molecule has 0 fully saturated rings. The van der Waals surface area contributed by atoms with Crippen LogP contribution in [0, 0.1) is 21.4 Å². The van der Waals surface area contributed by atoms with Crippen LogP contribution in [0.4, 0.5) is 10.7 Å². The van der Waals surface area contributed by atoms with Gasteiger partial charge < -0.3 is 5.32 Å². The first-order valence-corrected chi connectivity index (χ1v) is 6.52. The fraction of sp³-hybridized carbons (Fsp3) is 0. The van der Waals surface area contributed by atoms with Crippen LogP contribution < -0.4 is 5.32 Å². The van der Waals surface area contributed by atoms with Crippen molar-refractivity contribution in [2.45, 2.75) is 0 Å². The van der Waals surface area contributed by atoms with E-state index in [9.17, 15) is 14.9 Å². The van der Waals surface area contributed by atoms with Gasteiger partial charge in [-0.15, -0.1) is 11.3 Å². The van der Waals surface area contributed by atoms with E-state index >= 15 is 0 Å². The number of anilines is 1. The van der Waals surface area contributed by atoms with Gasteiger partial charge in [-0.05, 0) is 17.5 Å². The van der Waals surface area contributed by atoms with E-state index in [4.69, 9.17) is 16.9 Å². The van der Waals surface area contributed by atoms with Crippen LogP contribution >= 0.6 is 22.9 Å². The second-order valence-corrected chi connectivity index (χ2v) is 4.92. The van der Waals surface area contributed by atoms with Crippen molar-refractivity contribution in [3.63, 3.8) is 0 Å². The SMILES string of the molecule is N#Cc1ccsc1NC(=O)c1cccc([N+](=O)[O-])c1Cl. The summed E-state index contributed by atoms with van der Waals surface area (Å²) in [7, 11) is 0. The van der Waals surface area contributed by atoms with Crippen molar-refractivity contribution in [1.82, 2.24) is 0 Å². The zero-order valence-corrected chi connectivity index (χ0v) is 11.4. The minimum Gasteiger partial charge on any atom is -0.312 e. The van der Waals surface area contributed by atoms with Gasteiger partial charge in [-0.25, -0.2) is 0 Å². The number of nitrogens with one attached hydrogen (secondary N) is 1. The minimum absolute atomic E-state index is 0.0156. The predicted molar refractivity (Wildman–Crippen MR) is 75.1 cm³/mol. The molecule has 8 heteroatoms. The summed E-state index contributed by atoms with van der Waals surface area (Å²) < 4.78 is 0. The lowest BCUT2D eigenvalue weighted by Crippen LogP contribution is -2.12. The molecule has 100 valence electrons. The lowest BCUT2D eigenvalue weighted by molar-refractivity contribution is -0.384. The van der Waals surface area contributed by atoms with Crippen LogP contribution in [0.15, 0.2) is 29.6 Å². The number of nitro groups is 1. The normalized spacial score (nSPS) is 9.80. The van der Waals surface area contributed by atoms with Crippen LogP contribution in [0.5, 0.6) is 0 Å². The Hall–Kier alpha value is -2.43. The number of hydrogen-bond acceptors (Lipinski definition) is 5. The summed E-state index contributed by atoms with van der Waals surface area (Å²) in [5.74, 6) is -0.599. The van der Waals surface area contributed by atoms with Crippen molar-refractivity contribution in [2.24, 2.45) is 0 Å². The van der Waals surface area contributed by atoms with Crippen molar-refractivity contribution >= 4 is 39.5 Å². The van der Waals surface area contributed by atoms with E-state index in [1.165, 1.54) is 29.5 Å². The van der Waals surface area contributed by atoms with Gasteiger partial charge in [0, 0.05) is 6.07 Å². The molecule has 0 saturated heterocycles. The van der Waals surface area contributed by atoms with E-state index < -0.39 is 10.8 Å². The second-order valence-electron chi connectivity index (χ2n) is 3.63. The fourth-order valence-corrected chi connectivity index (χ4v) is 2.51. The molecule has 20 heavy (non-hydrogen) atoms. The van der Waals surface area contributed by atoms with Gasteiger partial charge in [-0.1, -0.05) is 17.7 Å². The number of rotatable bonds is 3. The Morgan fingerprint density at radius 1 is 1.45 bits per heavy atom. The molecule has 0 aliphatic carbocycles. The Balaban J connectivity index is 2.33. The average Bonchev–Trinajstić information content (AvgIpc) is 2.85. The van der Waals surface area contributed by atoms with Crippen LogP contribution in [-0.4, -0.2) is 10.8 Å². The molecule has 1 aromatic carbocycles. The number of halogens is 1. The topological polar surface area (TPSA) is 96.0 Å². The third-order valence-electron chi connectivity index (χ3n) is 2.43. The molecule has 2 rings (SSSR count). The third-order valence-corrected chi connectivity index (χ3v) is 3.66. The smallest absolute Gasteiger partial charge is 0.288 e. The maximum absolute atomic E-state index is 12.1. The summed E-state index contributed by atoms with van der Waals surface area (Å²) in [5.41, 5.74) is -0.0333. The molecule has 0 aliphatic rings. The highest BCUT2D eigenvalue weighted by atomic mass is 35.5. The van der Waals surface area contributed by atoms with Gasteiger partial charge in [0.05, 0.1) is 16.1 Å². The Labute approximate surface area is 122 Å². The van der Waals surface area contributed by atoms with Gasteiger partial charge >= 0.3 is 0 Å². The van der Waals surface area contributed by atoms with Crippen LogP contribution in [-0.2, 0) is 0 Å². The second kappa shape index (κ2) is 5.69. The number of benzene rings is 1. The average molecular weight is 308 g/mol. The maximum Gasteiger partial charge on any atom is 0.288 e. The molecule has 1 aromatic heterocycles. The first-order chi connectivity index (χ1) is 9.54. The summed E-state index contributed by atoms with van der Waals surface area (Å²) in [4.78, 5) is 22.2. The molecule has 1 amide bonds. The fourth-order valence-electron chi connectivity index (χ4n) is 1.50. The number of hydrogen-bond donors (Lipinski definition) is 1. The standard InChI is InChI=1S/C12H6ClN3O3S/c13-10-8(2-1-3-9(10)16(18)19)11(17)15-12-7(6-14)4-5-20-12/h1-5H,(H,15,17). The van der Waals surface area contributed by atoms with Crippen LogP contribution in [0.2, 0.25) is 5.02 Å². The summed E-state index contributed by atoms with van der Waals surface area (Å²) in [5, 5.41) is 23.9. The van der Waals surface area contributed by atoms with Crippen molar-refractivity contribution in [3.05, 3.63) is 55.9 Å². The van der Waals surface area contributed by atoms with Gasteiger partial charge in [-0.2, -0.15) is 5.26 Å². The molecule has 2 aromatic rings. The van der Waals surface area contributed by atoms with Crippen molar-refractivity contribution in [3.8, 4) is 6.07 Å². The molecule has 0 spiro atoms. The highest BCUT2D eigenvalue weighted by Crippen LogP contribution is 2.29. The third kappa shape index (κ3) is 2.61.